The zero-order chi connectivity index (χ0) is 4.24. The van der Waals surface area contributed by atoms with Crippen molar-refractivity contribution in [3.63, 3.8) is 0 Å². The van der Waals surface area contributed by atoms with E-state index in [0.29, 0.717) is 9.52 Å². The Morgan fingerprint density at radius 3 is 2.00 bits per heavy atom. The van der Waals surface area contributed by atoms with Crippen molar-refractivity contribution in [1.29, 1.82) is 0 Å². The number of hydrogen-bond donors (Lipinski definition) is 0. The average molecular weight is 118 g/mol. The van der Waals surface area contributed by atoms with Gasteiger partial charge in [0.05, 0.1) is 0 Å². The molecule has 0 amide bonds. The van der Waals surface area contributed by atoms with Crippen LogP contribution in [0.4, 0.5) is 0 Å². The van der Waals surface area contributed by atoms with E-state index in [1.807, 2.05) is 0 Å². The molecule has 1 saturated heterocycles. The molecule has 1 heterocycles. The van der Waals surface area contributed by atoms with E-state index in [0.717, 1.165) is 0 Å². The van der Waals surface area contributed by atoms with Gasteiger partial charge < -0.3 is 0 Å². The molecule has 0 radical (unpaired) electrons. The van der Waals surface area contributed by atoms with E-state index in [9.17, 15) is 0 Å². The molecule has 0 aromatic heterocycles. The summed E-state index contributed by atoms with van der Waals surface area (Å²) < 4.78 is 0. The predicted molar refractivity (Wildman–Crippen MR) is 35.5 cm³/mol. The molecule has 0 aromatic rings. The summed E-state index contributed by atoms with van der Waals surface area (Å²) in [5.41, 5.74) is 0. The molecule has 1 aliphatic heterocycles. The maximum absolute atomic E-state index is 2.13. The third-order valence-electron chi connectivity index (χ3n) is 1.08. The van der Waals surface area contributed by atoms with Crippen molar-refractivity contribution in [1.82, 2.24) is 0 Å². The molecule has 0 aromatic carbocycles. The fourth-order valence-corrected chi connectivity index (χ4v) is 4.51. The zero-order valence-electron chi connectivity index (χ0n) is 3.94. The predicted octanol–water partition coefficient (Wildman–Crippen LogP) is 0.739. The van der Waals surface area contributed by atoms with Crippen LogP contribution in [-0.4, -0.2) is 21.0 Å². The van der Waals surface area contributed by atoms with Gasteiger partial charge in [0.2, 0.25) is 0 Å². The Balaban J connectivity index is 2.00. The van der Waals surface area contributed by atoms with Crippen LogP contribution >= 0.6 is 11.8 Å². The summed E-state index contributed by atoms with van der Waals surface area (Å²) in [5, 5.41) is 0. The van der Waals surface area contributed by atoms with Gasteiger partial charge in [0, 0.05) is 9.52 Å². The maximum Gasteiger partial charge on any atom is 0.0215 e. The molecule has 0 spiro atoms. The first-order chi connectivity index (χ1) is 3.00. The van der Waals surface area contributed by atoms with Gasteiger partial charge >= 0.3 is 0 Å². The SMILES string of the molecule is C1CSCC[SiH2]1. The van der Waals surface area contributed by atoms with Gasteiger partial charge in [-0.05, 0) is 11.5 Å². The molecule has 0 unspecified atom stereocenters. The van der Waals surface area contributed by atoms with Crippen LogP contribution in [0.5, 0.6) is 0 Å². The molecule has 0 saturated carbocycles. The summed E-state index contributed by atoms with van der Waals surface area (Å²) in [6.07, 6.45) is 0. The number of hydrogen-bond acceptors (Lipinski definition) is 1. The molecule has 1 rings (SSSR count). The highest BCUT2D eigenvalue weighted by molar-refractivity contribution is 7.99. The summed E-state index contributed by atoms with van der Waals surface area (Å²) in [5.74, 6) is 2.96. The normalized spacial score (nSPS) is 24.0. The van der Waals surface area contributed by atoms with Crippen molar-refractivity contribution >= 4 is 21.3 Å². The van der Waals surface area contributed by atoms with E-state index in [4.69, 9.17) is 0 Å². The molecule has 0 aliphatic carbocycles. The third-order valence-corrected chi connectivity index (χ3v) is 4.96. The van der Waals surface area contributed by atoms with Crippen LogP contribution in [0.2, 0.25) is 12.1 Å². The van der Waals surface area contributed by atoms with Gasteiger partial charge in [0.25, 0.3) is 0 Å². The highest BCUT2D eigenvalue weighted by atomic mass is 32.2. The van der Waals surface area contributed by atoms with Crippen molar-refractivity contribution in [2.24, 2.45) is 0 Å². The minimum atomic E-state index is 0.488. The minimum absolute atomic E-state index is 0.488. The lowest BCUT2D eigenvalue weighted by Crippen LogP contribution is -1.99. The van der Waals surface area contributed by atoms with E-state index in [1.165, 1.54) is 11.5 Å². The lowest BCUT2D eigenvalue weighted by Gasteiger charge is -2.05. The molecular weight excluding hydrogens is 108 g/mol. The van der Waals surface area contributed by atoms with Gasteiger partial charge in [-0.1, -0.05) is 12.1 Å². The summed E-state index contributed by atoms with van der Waals surface area (Å²) in [6.45, 7) is 0. The summed E-state index contributed by atoms with van der Waals surface area (Å²) in [6, 6.07) is 3.20. The molecule has 6 heavy (non-hydrogen) atoms. The van der Waals surface area contributed by atoms with Crippen LogP contribution < -0.4 is 0 Å². The Hall–Kier alpha value is 0.567. The smallest absolute Gasteiger partial charge is 0.0215 e. The fourth-order valence-electron chi connectivity index (χ4n) is 0.687. The van der Waals surface area contributed by atoms with Gasteiger partial charge in [-0.25, -0.2) is 0 Å². The number of thioether (sulfide) groups is 1. The Morgan fingerprint density at radius 1 is 1.17 bits per heavy atom. The van der Waals surface area contributed by atoms with Crippen molar-refractivity contribution in [2.45, 2.75) is 12.1 Å². The highest BCUT2D eigenvalue weighted by Crippen LogP contribution is 2.10. The van der Waals surface area contributed by atoms with E-state index < -0.39 is 0 Å². The Kier molecular flexibility index (Phi) is 2.12. The van der Waals surface area contributed by atoms with Crippen molar-refractivity contribution in [3.05, 3.63) is 0 Å². The number of rotatable bonds is 0. The molecule has 2 heteroatoms. The van der Waals surface area contributed by atoms with Crippen molar-refractivity contribution < 1.29 is 0 Å². The van der Waals surface area contributed by atoms with E-state index in [2.05, 4.69) is 11.8 Å². The molecule has 0 N–H and O–H groups in total. The van der Waals surface area contributed by atoms with Crippen LogP contribution in [0.15, 0.2) is 0 Å². The van der Waals surface area contributed by atoms with Gasteiger partial charge in [0.15, 0.2) is 0 Å². The quantitative estimate of drug-likeness (QED) is 0.423. The largest absolute Gasteiger partial charge is 0.163 e. The Bertz CT molecular complexity index is 23.0. The second-order valence-electron chi connectivity index (χ2n) is 1.67. The lowest BCUT2D eigenvalue weighted by molar-refractivity contribution is 1.33. The standard InChI is InChI=1S/C4H10SSi/c1-3-6-4-2-5-1/h1-4,6H2. The van der Waals surface area contributed by atoms with Gasteiger partial charge in [0.1, 0.15) is 0 Å². The second-order valence-corrected chi connectivity index (χ2v) is 5.02. The van der Waals surface area contributed by atoms with E-state index in [-0.39, 0.29) is 0 Å². The molecule has 1 fully saturated rings. The van der Waals surface area contributed by atoms with Crippen LogP contribution in [0.1, 0.15) is 0 Å². The average Bonchev–Trinajstić information content (AvgIpc) is 1.72. The fraction of sp³-hybridized carbons (Fsp3) is 1.00. The third kappa shape index (κ3) is 1.35. The van der Waals surface area contributed by atoms with Gasteiger partial charge in [-0.3, -0.25) is 0 Å². The Morgan fingerprint density at radius 2 is 1.83 bits per heavy atom. The van der Waals surface area contributed by atoms with Gasteiger partial charge in [-0.15, -0.1) is 0 Å². The first-order valence-electron chi connectivity index (χ1n) is 2.58. The maximum atomic E-state index is 2.13. The highest BCUT2D eigenvalue weighted by Gasteiger charge is 1.96. The van der Waals surface area contributed by atoms with E-state index in [1.54, 1.807) is 12.1 Å². The topological polar surface area (TPSA) is 0 Å². The van der Waals surface area contributed by atoms with Crippen molar-refractivity contribution in [3.8, 4) is 0 Å². The second kappa shape index (κ2) is 2.69. The molecule has 0 nitrogen and oxygen atoms in total. The molecule has 1 aliphatic rings. The molecular formula is C4H10SSi. The molecule has 0 atom stereocenters. The first kappa shape index (κ1) is 4.72. The summed E-state index contributed by atoms with van der Waals surface area (Å²) in [4.78, 5) is 0. The molecule has 0 bridgehead atoms. The Labute approximate surface area is 45.5 Å². The first-order valence-corrected chi connectivity index (χ1v) is 5.73. The minimum Gasteiger partial charge on any atom is -0.163 e. The van der Waals surface area contributed by atoms with E-state index >= 15 is 0 Å². The monoisotopic (exact) mass is 118 g/mol. The summed E-state index contributed by atoms with van der Waals surface area (Å²) in [7, 11) is 0.488. The van der Waals surface area contributed by atoms with Crippen molar-refractivity contribution in [2.75, 3.05) is 11.5 Å². The summed E-state index contributed by atoms with van der Waals surface area (Å²) >= 11 is 2.13. The zero-order valence-corrected chi connectivity index (χ0v) is 6.17. The van der Waals surface area contributed by atoms with Crippen LogP contribution in [-0.2, 0) is 0 Å². The molecule has 36 valence electrons. The van der Waals surface area contributed by atoms with Gasteiger partial charge in [-0.2, -0.15) is 11.8 Å². The lowest BCUT2D eigenvalue weighted by atomic mass is 10.9. The van der Waals surface area contributed by atoms with Crippen LogP contribution in [0.25, 0.3) is 0 Å². The van der Waals surface area contributed by atoms with Crippen LogP contribution in [0, 0.1) is 0 Å². The van der Waals surface area contributed by atoms with Crippen LogP contribution in [0.3, 0.4) is 0 Å².